The first-order valence-corrected chi connectivity index (χ1v) is 11.0. The van der Waals surface area contributed by atoms with Crippen LogP contribution >= 0.6 is 0 Å². The summed E-state index contributed by atoms with van der Waals surface area (Å²) in [6, 6.07) is 23.7. The molecule has 0 bridgehead atoms. The molecule has 0 aliphatic carbocycles. The zero-order valence-electron chi connectivity index (χ0n) is 17.7. The molecule has 1 aliphatic heterocycles. The summed E-state index contributed by atoms with van der Waals surface area (Å²) in [5.41, 5.74) is 4.36. The Morgan fingerprint density at radius 2 is 1.39 bits per heavy atom. The van der Waals surface area contributed by atoms with E-state index < -0.39 is 0 Å². The molecule has 1 aliphatic rings. The Labute approximate surface area is 183 Å². The van der Waals surface area contributed by atoms with Crippen LogP contribution in [0.25, 0.3) is 0 Å². The lowest BCUT2D eigenvalue weighted by atomic mass is 9.87. The lowest BCUT2D eigenvalue weighted by molar-refractivity contribution is 0.212. The van der Waals surface area contributed by atoms with Crippen molar-refractivity contribution >= 4 is 5.71 Å². The summed E-state index contributed by atoms with van der Waals surface area (Å²) in [7, 11) is 0. The molecule has 1 saturated heterocycles. The maximum atomic E-state index is 13.5. The second-order valence-corrected chi connectivity index (χ2v) is 8.19. The SMILES string of the molecule is Fc1ccc(C/N=C(\c2ccc(F)cc2)C2CCN(CCc3ccccc3)CC2)cc1. The molecule has 4 rings (SSSR count). The van der Waals surface area contributed by atoms with E-state index in [0.29, 0.717) is 12.5 Å². The van der Waals surface area contributed by atoms with Crippen LogP contribution in [-0.2, 0) is 13.0 Å². The van der Waals surface area contributed by atoms with Gasteiger partial charge in [-0.2, -0.15) is 0 Å². The molecule has 160 valence electrons. The minimum absolute atomic E-state index is 0.239. The van der Waals surface area contributed by atoms with Crippen molar-refractivity contribution in [2.24, 2.45) is 10.9 Å². The number of nitrogens with zero attached hydrogens (tertiary/aromatic N) is 2. The summed E-state index contributed by atoms with van der Waals surface area (Å²) >= 11 is 0. The van der Waals surface area contributed by atoms with Gasteiger partial charge in [0.2, 0.25) is 0 Å². The highest BCUT2D eigenvalue weighted by Crippen LogP contribution is 2.24. The number of halogens is 2. The van der Waals surface area contributed by atoms with Crippen molar-refractivity contribution in [1.82, 2.24) is 4.90 Å². The van der Waals surface area contributed by atoms with Crippen LogP contribution in [0.3, 0.4) is 0 Å². The first-order chi connectivity index (χ1) is 15.2. The molecule has 1 heterocycles. The van der Waals surface area contributed by atoms with Crippen LogP contribution in [0.4, 0.5) is 8.78 Å². The van der Waals surface area contributed by atoms with Crippen molar-refractivity contribution in [3.05, 3.63) is 107 Å². The Morgan fingerprint density at radius 1 is 0.774 bits per heavy atom. The predicted molar refractivity (Wildman–Crippen MR) is 122 cm³/mol. The maximum Gasteiger partial charge on any atom is 0.123 e. The monoisotopic (exact) mass is 418 g/mol. The van der Waals surface area contributed by atoms with Gasteiger partial charge >= 0.3 is 0 Å². The first kappa shape index (κ1) is 21.4. The minimum atomic E-state index is -0.241. The summed E-state index contributed by atoms with van der Waals surface area (Å²) in [5, 5.41) is 0. The van der Waals surface area contributed by atoms with E-state index in [1.807, 2.05) is 12.1 Å². The van der Waals surface area contributed by atoms with Crippen LogP contribution < -0.4 is 0 Å². The van der Waals surface area contributed by atoms with Gasteiger partial charge in [0.15, 0.2) is 0 Å². The van der Waals surface area contributed by atoms with Crippen molar-refractivity contribution in [3.63, 3.8) is 0 Å². The van der Waals surface area contributed by atoms with Crippen molar-refractivity contribution in [2.75, 3.05) is 19.6 Å². The fourth-order valence-electron chi connectivity index (χ4n) is 4.20. The molecule has 0 unspecified atom stereocenters. The molecule has 0 aromatic heterocycles. The highest BCUT2D eigenvalue weighted by atomic mass is 19.1. The highest BCUT2D eigenvalue weighted by molar-refractivity contribution is 6.02. The van der Waals surface area contributed by atoms with Crippen molar-refractivity contribution < 1.29 is 8.78 Å². The van der Waals surface area contributed by atoms with E-state index in [4.69, 9.17) is 4.99 Å². The van der Waals surface area contributed by atoms with Crippen LogP contribution in [0.15, 0.2) is 83.9 Å². The van der Waals surface area contributed by atoms with E-state index in [2.05, 4.69) is 35.2 Å². The molecular formula is C27H28F2N2. The molecule has 1 fully saturated rings. The number of hydrogen-bond donors (Lipinski definition) is 0. The van der Waals surface area contributed by atoms with Gasteiger partial charge in [0, 0.05) is 18.2 Å². The van der Waals surface area contributed by atoms with Crippen LogP contribution in [0, 0.1) is 17.6 Å². The molecule has 0 saturated carbocycles. The third-order valence-electron chi connectivity index (χ3n) is 6.02. The number of aliphatic imine (C=N–C) groups is 1. The van der Waals surface area contributed by atoms with E-state index in [9.17, 15) is 8.78 Å². The van der Waals surface area contributed by atoms with Gasteiger partial charge in [0.1, 0.15) is 11.6 Å². The molecule has 0 N–H and O–H groups in total. The summed E-state index contributed by atoms with van der Waals surface area (Å²) in [6.07, 6.45) is 3.14. The van der Waals surface area contributed by atoms with Crippen LogP contribution in [0.1, 0.15) is 29.5 Å². The van der Waals surface area contributed by atoms with E-state index in [1.54, 1.807) is 12.1 Å². The van der Waals surface area contributed by atoms with E-state index in [0.717, 1.165) is 55.7 Å². The third-order valence-corrected chi connectivity index (χ3v) is 6.02. The third kappa shape index (κ3) is 6.08. The predicted octanol–water partition coefficient (Wildman–Crippen LogP) is 5.91. The largest absolute Gasteiger partial charge is 0.303 e. The smallest absolute Gasteiger partial charge is 0.123 e. The van der Waals surface area contributed by atoms with Gasteiger partial charge in [-0.3, -0.25) is 4.99 Å². The van der Waals surface area contributed by atoms with Gasteiger partial charge in [-0.15, -0.1) is 0 Å². The molecule has 0 amide bonds. The molecular weight excluding hydrogens is 390 g/mol. The Hall–Kier alpha value is -2.85. The van der Waals surface area contributed by atoms with Gasteiger partial charge in [-0.1, -0.05) is 54.6 Å². The molecule has 2 nitrogen and oxygen atoms in total. The first-order valence-electron chi connectivity index (χ1n) is 11.0. The number of hydrogen-bond acceptors (Lipinski definition) is 2. The van der Waals surface area contributed by atoms with Gasteiger partial charge in [-0.05, 0) is 73.3 Å². The number of rotatable bonds is 7. The normalized spacial score (nSPS) is 15.9. The zero-order chi connectivity index (χ0) is 21.5. The Morgan fingerprint density at radius 3 is 2.03 bits per heavy atom. The zero-order valence-corrected chi connectivity index (χ0v) is 17.7. The summed E-state index contributed by atoms with van der Waals surface area (Å²) in [6.45, 7) is 3.64. The molecule has 4 heteroatoms. The molecule has 3 aromatic carbocycles. The van der Waals surface area contributed by atoms with Gasteiger partial charge in [-0.25, -0.2) is 8.78 Å². The van der Waals surface area contributed by atoms with Gasteiger partial charge < -0.3 is 4.90 Å². The summed E-state index contributed by atoms with van der Waals surface area (Å²) < 4.78 is 26.7. The lowest BCUT2D eigenvalue weighted by Gasteiger charge is -2.33. The Balaban J connectivity index is 1.42. The number of benzene rings is 3. The average molecular weight is 419 g/mol. The fourth-order valence-corrected chi connectivity index (χ4v) is 4.20. The summed E-state index contributed by atoms with van der Waals surface area (Å²) in [5.74, 6) is -0.134. The second kappa shape index (κ2) is 10.5. The van der Waals surface area contributed by atoms with Gasteiger partial charge in [0.05, 0.1) is 6.54 Å². The number of piperidine rings is 1. The fraction of sp³-hybridized carbons (Fsp3) is 0.296. The van der Waals surface area contributed by atoms with E-state index in [1.165, 1.54) is 29.8 Å². The maximum absolute atomic E-state index is 13.5. The van der Waals surface area contributed by atoms with Crippen LogP contribution in [-0.4, -0.2) is 30.2 Å². The minimum Gasteiger partial charge on any atom is -0.303 e. The number of likely N-dealkylation sites (tertiary alicyclic amines) is 1. The highest BCUT2D eigenvalue weighted by Gasteiger charge is 2.24. The van der Waals surface area contributed by atoms with Crippen molar-refractivity contribution in [1.29, 1.82) is 0 Å². The quantitative estimate of drug-likeness (QED) is 0.436. The Kier molecular flexibility index (Phi) is 7.21. The van der Waals surface area contributed by atoms with Crippen LogP contribution in [0.2, 0.25) is 0 Å². The van der Waals surface area contributed by atoms with Crippen molar-refractivity contribution in [3.8, 4) is 0 Å². The summed E-state index contributed by atoms with van der Waals surface area (Å²) in [4.78, 5) is 7.44. The topological polar surface area (TPSA) is 15.6 Å². The molecule has 0 radical (unpaired) electrons. The molecule has 0 spiro atoms. The lowest BCUT2D eigenvalue weighted by Crippen LogP contribution is -2.37. The van der Waals surface area contributed by atoms with Crippen molar-refractivity contribution in [2.45, 2.75) is 25.8 Å². The Bertz CT molecular complexity index is 974. The average Bonchev–Trinajstić information content (AvgIpc) is 2.81. The molecule has 31 heavy (non-hydrogen) atoms. The molecule has 0 atom stereocenters. The second-order valence-electron chi connectivity index (χ2n) is 8.19. The van der Waals surface area contributed by atoms with Crippen LogP contribution in [0.5, 0.6) is 0 Å². The van der Waals surface area contributed by atoms with E-state index in [-0.39, 0.29) is 11.6 Å². The molecule has 3 aromatic rings. The van der Waals surface area contributed by atoms with Gasteiger partial charge in [0.25, 0.3) is 0 Å². The van der Waals surface area contributed by atoms with E-state index >= 15 is 0 Å². The standard InChI is InChI=1S/C27H28F2N2/c28-25-10-6-22(7-11-25)20-30-27(23-8-12-26(29)13-9-23)24-15-18-31(19-16-24)17-14-21-4-2-1-3-5-21/h1-13,24H,14-20H2/b30-27+.